The van der Waals surface area contributed by atoms with Crippen LogP contribution in [0.5, 0.6) is 0 Å². The molecule has 4 aliphatic heterocycles. The largest absolute Gasteiger partial charge is 0.396 e. The molecule has 0 spiro atoms. The van der Waals surface area contributed by atoms with Crippen LogP contribution >= 0.6 is 0 Å². The molecule has 0 aliphatic carbocycles. The zero-order valence-corrected chi connectivity index (χ0v) is 74.4. The van der Waals surface area contributed by atoms with Crippen molar-refractivity contribution in [3.05, 3.63) is 323 Å². The molecule has 0 bridgehead atoms. The van der Waals surface area contributed by atoms with Gasteiger partial charge in [0.2, 0.25) is 0 Å². The molecule has 4 aliphatic rings. The van der Waals surface area contributed by atoms with Crippen molar-refractivity contribution in [2.45, 2.75) is 273 Å². The van der Waals surface area contributed by atoms with Crippen LogP contribution in [0.25, 0.3) is 0 Å². The summed E-state index contributed by atoms with van der Waals surface area (Å²) < 4.78 is 103. The van der Waals surface area contributed by atoms with Gasteiger partial charge in [-0.2, -0.15) is 0 Å². The van der Waals surface area contributed by atoms with Gasteiger partial charge in [-0.1, -0.05) is 307 Å². The average Bonchev–Trinajstić information content (AvgIpc) is 0.779. The van der Waals surface area contributed by atoms with E-state index in [9.17, 15) is 46.0 Å². The monoisotopic (exact) mass is 1800 g/mol. The van der Waals surface area contributed by atoms with E-state index in [0.29, 0.717) is 58.9 Å². The van der Waals surface area contributed by atoms with Crippen molar-refractivity contribution in [2.24, 2.45) is 5.92 Å². The molecule has 11 N–H and O–H groups in total. The summed E-state index contributed by atoms with van der Waals surface area (Å²) in [5.74, 6) is -0.330. The second-order valence-electron chi connectivity index (χ2n) is 32.9. The molecule has 26 atom stereocenters. The Kier molecular flexibility index (Phi) is 43.8. The highest BCUT2D eigenvalue weighted by atomic mass is 16.8. The van der Waals surface area contributed by atoms with E-state index in [2.05, 4.69) is 19.1 Å². The molecule has 0 saturated carbocycles. The van der Waals surface area contributed by atoms with Crippen molar-refractivity contribution in [1.29, 1.82) is 0 Å². The molecule has 0 aromatic heterocycles. The fourth-order valence-corrected chi connectivity index (χ4v) is 15.8. The van der Waals surface area contributed by atoms with Crippen LogP contribution in [0.1, 0.15) is 110 Å². The lowest BCUT2D eigenvalue weighted by molar-refractivity contribution is -0.380. The first kappa shape index (κ1) is 102. The van der Waals surface area contributed by atoms with Gasteiger partial charge in [0.25, 0.3) is 0 Å². The van der Waals surface area contributed by atoms with Gasteiger partial charge < -0.3 is 132 Å². The fourth-order valence-electron chi connectivity index (χ4n) is 15.8. The topological polar surface area (TPSA) is 370 Å². The normalized spacial score (nSPS) is 27.1. The van der Waals surface area contributed by atoms with E-state index in [1.165, 1.54) is 0 Å². The van der Waals surface area contributed by atoms with E-state index in [1.807, 2.05) is 282 Å². The Morgan fingerprint density at radius 1 is 0.300 bits per heavy atom. The third-order valence-corrected chi connectivity index (χ3v) is 23.2. The molecule has 4 saturated heterocycles. The van der Waals surface area contributed by atoms with Gasteiger partial charge in [-0.15, -0.1) is 0 Å². The quantitative estimate of drug-likeness (QED) is 0.0169. The highest BCUT2D eigenvalue weighted by Gasteiger charge is 2.53. The number of rotatable bonds is 47. The lowest BCUT2D eigenvalue weighted by atomic mass is 9.91. The maximum Gasteiger partial charge on any atom is 0.189 e. The molecule has 27 nitrogen and oxygen atoms in total. The molecular weight excluding hydrogens is 1670 g/mol. The van der Waals surface area contributed by atoms with E-state index in [4.69, 9.17) is 86.0 Å². The predicted molar refractivity (Wildman–Crippen MR) is 481 cm³/mol. The first-order valence-electron chi connectivity index (χ1n) is 45.1. The van der Waals surface area contributed by atoms with Gasteiger partial charge in [-0.25, -0.2) is 0 Å². The Balaban J connectivity index is 0.000000206. The number of aliphatic hydroxyl groups is 11. The van der Waals surface area contributed by atoms with Crippen molar-refractivity contribution < 1.29 is 132 Å². The molecule has 11 unspecified atom stereocenters. The van der Waals surface area contributed by atoms with Gasteiger partial charge in [0, 0.05) is 12.5 Å². The summed E-state index contributed by atoms with van der Waals surface area (Å²) in [5, 5.41) is 110. The minimum absolute atomic E-state index is 0.0425. The minimum Gasteiger partial charge on any atom is -0.396 e. The number of ether oxygens (including phenoxy) is 16. The number of hydrogen-bond acceptors (Lipinski definition) is 27. The van der Waals surface area contributed by atoms with Crippen LogP contribution in [0.4, 0.5) is 0 Å². The van der Waals surface area contributed by atoms with E-state index < -0.39 is 167 Å². The maximum atomic E-state index is 11.7. The van der Waals surface area contributed by atoms with Crippen molar-refractivity contribution in [2.75, 3.05) is 33.0 Å². The van der Waals surface area contributed by atoms with Gasteiger partial charge >= 0.3 is 0 Å². The summed E-state index contributed by atoms with van der Waals surface area (Å²) in [5.41, 5.74) is 9.03. The number of benzene rings is 9. The van der Waals surface area contributed by atoms with Crippen LogP contribution in [-0.4, -0.2) is 243 Å². The summed E-state index contributed by atoms with van der Waals surface area (Å²) in [6.45, 7) is 9.60. The maximum absolute atomic E-state index is 11.7. The molecule has 130 heavy (non-hydrogen) atoms. The van der Waals surface area contributed by atoms with Crippen molar-refractivity contribution in [1.82, 2.24) is 0 Å². The van der Waals surface area contributed by atoms with Gasteiger partial charge in [0.15, 0.2) is 25.2 Å². The van der Waals surface area contributed by atoms with Crippen molar-refractivity contribution >= 4 is 0 Å². The van der Waals surface area contributed by atoms with E-state index >= 15 is 0 Å². The molecule has 13 rings (SSSR count). The summed E-state index contributed by atoms with van der Waals surface area (Å²) in [7, 11) is 0. The van der Waals surface area contributed by atoms with E-state index in [0.717, 1.165) is 56.5 Å². The molecule has 0 amide bonds. The smallest absolute Gasteiger partial charge is 0.189 e. The van der Waals surface area contributed by atoms with Crippen molar-refractivity contribution in [3.8, 4) is 0 Å². The zero-order chi connectivity index (χ0) is 91.8. The Bertz CT molecular complexity index is 4420. The van der Waals surface area contributed by atoms with Crippen LogP contribution < -0.4 is 0 Å². The zero-order valence-electron chi connectivity index (χ0n) is 74.4. The van der Waals surface area contributed by atoms with Gasteiger partial charge in [-0.3, -0.25) is 0 Å². The Morgan fingerprint density at radius 3 is 1.05 bits per heavy atom. The first-order valence-corrected chi connectivity index (χ1v) is 45.1. The molecule has 4 heterocycles. The number of aliphatic hydroxyl groups excluding tert-OH is 11. The Labute approximate surface area is 762 Å². The summed E-state index contributed by atoms with van der Waals surface area (Å²) in [4.78, 5) is 0. The molecule has 706 valence electrons. The summed E-state index contributed by atoms with van der Waals surface area (Å²) in [6.07, 6.45) is -22.0. The molecule has 9 aromatic rings. The van der Waals surface area contributed by atoms with Crippen LogP contribution in [0, 0.1) is 5.92 Å². The Hall–Kier alpha value is -8.10. The molecule has 9 aromatic carbocycles. The Morgan fingerprint density at radius 2 is 0.646 bits per heavy atom. The van der Waals surface area contributed by atoms with E-state index in [1.54, 1.807) is 0 Å². The summed E-state index contributed by atoms with van der Waals surface area (Å²) >= 11 is 0. The lowest BCUT2D eigenvalue weighted by Gasteiger charge is -2.49. The number of hydrogen-bond donors (Lipinski definition) is 11. The minimum atomic E-state index is -1.62. The molecule has 4 fully saturated rings. The van der Waals surface area contributed by atoms with Crippen LogP contribution in [0.2, 0.25) is 0 Å². The standard InChI is InChI=1S/C49H56O9.C42H52O8.C12H24O10/c1-3-41-43(50)46(54-32-39-25-15-7-16-26-39)47(55-33-40-27-17-8-18-28-40)49(56-41)58-48-35(2)44(52-30-37-21-11-5-12-22-37)45(53-31-38-23-13-6-14-24-38)42(57-48)34-51-29-36-19-9-4-10-20-36;1-3-17-35(43)39(46-27-32-20-11-6-12-21-32)37(45-26-31-18-9-5-10-19-31)30-49-42-41(48-29-34-24-15-8-16-25-34)40(38(44)36(4-2)50-42)47-28-33-22-13-7-14-23-33;13-2-1-5(15)8(17)6(16)4-21-12-11(20)10(19)9(18)7(3-14)22-12/h4-28,35,41-50H,3,29-34H2,1-2H3;5-16,18-25,35-44H,3-4,17,26-30H2,1-2H3;5-20H,1-4H2/t35?,41?,42?,43-,44?,45-,46+,47?,48-,49-;35-,36?,37?,38-,39+,40+,41?,42-;5-,6?,7?,8+,9-,10+,11?,12-/m111/s1. The van der Waals surface area contributed by atoms with Crippen LogP contribution in [0.3, 0.4) is 0 Å². The SMILES string of the molecule is CCC1O[C@H](O[C@H]2OC(COCc3ccccc3)[C@@H](OCc3ccccc3)C(OCc3ccccc3)C2C)C(OCc2ccccc2)[C@@H](OCc2ccccc2)[C@@H]1O.CCC[C@@H](O)[C@H](OCc1ccccc1)C(CO[C@@H]1OC(CC)[C@@H](O)[C@H](OCc2ccccc2)C1OCc1ccccc1)OCc1ccccc1.OCC[C@@H](O)[C@H](O)C(O)CO[C@@H]1OC(CO)[C@@H](O)[C@H](O)C1O. The average molecular weight is 1800 g/mol. The first-order chi connectivity index (χ1) is 63.4. The molecule has 27 heteroatoms. The third-order valence-electron chi connectivity index (χ3n) is 23.2. The lowest BCUT2D eigenvalue weighted by Crippen LogP contribution is -2.63. The third kappa shape index (κ3) is 31.5. The van der Waals surface area contributed by atoms with Crippen molar-refractivity contribution in [3.63, 3.8) is 0 Å². The van der Waals surface area contributed by atoms with Crippen LogP contribution in [-0.2, 0) is 135 Å². The summed E-state index contributed by atoms with van der Waals surface area (Å²) in [6, 6.07) is 89.6. The second kappa shape index (κ2) is 55.5. The van der Waals surface area contributed by atoms with Gasteiger partial charge in [0.05, 0.1) is 116 Å². The van der Waals surface area contributed by atoms with Gasteiger partial charge in [0.1, 0.15) is 97.7 Å². The molecule has 0 radical (unpaired) electrons. The fraction of sp³-hybridized carbons (Fsp3) is 0.476. The van der Waals surface area contributed by atoms with E-state index in [-0.39, 0.29) is 52.0 Å². The molecular formula is C103H132O27. The van der Waals surface area contributed by atoms with Crippen LogP contribution in [0.15, 0.2) is 273 Å². The predicted octanol–water partition coefficient (Wildman–Crippen LogP) is 10.7. The second-order valence-corrected chi connectivity index (χ2v) is 32.9. The highest BCUT2D eigenvalue weighted by molar-refractivity contribution is 5.21. The van der Waals surface area contributed by atoms with Gasteiger partial charge in [-0.05, 0) is 75.8 Å². The highest BCUT2D eigenvalue weighted by Crippen LogP contribution is 2.39.